The molecule has 2 aromatic carbocycles. The molecule has 2 aromatic rings. The third kappa shape index (κ3) is 4.27. The molecule has 0 amide bonds. The van der Waals surface area contributed by atoms with E-state index in [1.807, 2.05) is 0 Å². The summed E-state index contributed by atoms with van der Waals surface area (Å²) in [6, 6.07) is 10.7. The van der Waals surface area contributed by atoms with Crippen molar-refractivity contribution in [2.75, 3.05) is 4.72 Å². The van der Waals surface area contributed by atoms with E-state index in [-0.39, 0.29) is 22.5 Å². The lowest BCUT2D eigenvalue weighted by Crippen LogP contribution is -2.16. The fourth-order valence-electron chi connectivity index (χ4n) is 1.91. The van der Waals surface area contributed by atoms with Crippen LogP contribution < -0.4 is 4.72 Å². The number of sulfonamides is 1. The molecule has 0 saturated heterocycles. The van der Waals surface area contributed by atoms with Gasteiger partial charge < -0.3 is 5.11 Å². The standard InChI is InChI=1S/C14H12N2O6S/c17-14(18)10-5-7-12(8-6-10)15-23(21,22)9-11-3-1-2-4-13(11)16(19)20/h1-8,15H,9H2,(H,17,18). The van der Waals surface area contributed by atoms with Crippen LogP contribution >= 0.6 is 0 Å². The molecule has 0 spiro atoms. The zero-order valence-corrected chi connectivity index (χ0v) is 12.5. The first-order valence-electron chi connectivity index (χ1n) is 6.34. The maximum atomic E-state index is 12.1. The number of benzene rings is 2. The van der Waals surface area contributed by atoms with Crippen LogP contribution in [0.5, 0.6) is 0 Å². The van der Waals surface area contributed by atoms with Gasteiger partial charge in [0.05, 0.1) is 10.5 Å². The number of rotatable bonds is 6. The van der Waals surface area contributed by atoms with Gasteiger partial charge in [0.25, 0.3) is 5.69 Å². The summed E-state index contributed by atoms with van der Waals surface area (Å²) < 4.78 is 26.5. The average molecular weight is 336 g/mol. The van der Waals surface area contributed by atoms with Gasteiger partial charge in [0.2, 0.25) is 10.0 Å². The van der Waals surface area contributed by atoms with Gasteiger partial charge in [0.1, 0.15) is 5.75 Å². The van der Waals surface area contributed by atoms with E-state index < -0.39 is 26.7 Å². The number of nitrogens with one attached hydrogen (secondary N) is 1. The van der Waals surface area contributed by atoms with Crippen molar-refractivity contribution in [1.29, 1.82) is 0 Å². The molecule has 2 N–H and O–H groups in total. The van der Waals surface area contributed by atoms with Gasteiger partial charge in [-0.3, -0.25) is 14.8 Å². The van der Waals surface area contributed by atoms with Crippen molar-refractivity contribution in [3.63, 3.8) is 0 Å². The Morgan fingerprint density at radius 1 is 1.13 bits per heavy atom. The fourth-order valence-corrected chi connectivity index (χ4v) is 3.13. The van der Waals surface area contributed by atoms with Crippen molar-refractivity contribution >= 4 is 27.4 Å². The number of carbonyl (C=O) groups is 1. The lowest BCUT2D eigenvalue weighted by Gasteiger charge is -2.08. The summed E-state index contributed by atoms with van der Waals surface area (Å²) in [5.41, 5.74) is -0.0218. The second-order valence-electron chi connectivity index (χ2n) is 4.63. The van der Waals surface area contributed by atoms with Gasteiger partial charge in [-0.2, -0.15) is 0 Å². The summed E-state index contributed by atoms with van der Waals surface area (Å²) in [5, 5.41) is 19.7. The van der Waals surface area contributed by atoms with Crippen LogP contribution in [0.2, 0.25) is 0 Å². The largest absolute Gasteiger partial charge is 0.478 e. The van der Waals surface area contributed by atoms with Crippen molar-refractivity contribution in [3.8, 4) is 0 Å². The molecule has 0 aliphatic heterocycles. The predicted molar refractivity (Wildman–Crippen MR) is 82.7 cm³/mol. The third-order valence-corrected chi connectivity index (χ3v) is 4.18. The Morgan fingerprint density at radius 3 is 2.30 bits per heavy atom. The number of hydrogen-bond acceptors (Lipinski definition) is 5. The molecule has 23 heavy (non-hydrogen) atoms. The molecule has 0 aromatic heterocycles. The summed E-state index contributed by atoms with van der Waals surface area (Å²) in [4.78, 5) is 21.0. The Morgan fingerprint density at radius 2 is 1.74 bits per heavy atom. The van der Waals surface area contributed by atoms with Crippen molar-refractivity contribution in [1.82, 2.24) is 0 Å². The first-order valence-corrected chi connectivity index (χ1v) is 8.00. The van der Waals surface area contributed by atoms with Gasteiger partial charge in [0.15, 0.2) is 0 Å². The van der Waals surface area contributed by atoms with E-state index in [0.717, 1.165) is 0 Å². The topological polar surface area (TPSA) is 127 Å². The Labute approximate surface area is 131 Å². The van der Waals surface area contributed by atoms with Gasteiger partial charge in [0, 0.05) is 17.3 Å². The Kier molecular flexibility index (Phi) is 4.60. The van der Waals surface area contributed by atoms with Crippen molar-refractivity contribution in [2.24, 2.45) is 0 Å². The number of nitro groups is 1. The van der Waals surface area contributed by atoms with Gasteiger partial charge in [-0.15, -0.1) is 0 Å². The second kappa shape index (κ2) is 6.44. The molecule has 2 rings (SSSR count). The zero-order chi connectivity index (χ0) is 17.0. The van der Waals surface area contributed by atoms with Crippen LogP contribution in [-0.2, 0) is 15.8 Å². The van der Waals surface area contributed by atoms with E-state index in [9.17, 15) is 23.3 Å². The Balaban J connectivity index is 2.20. The lowest BCUT2D eigenvalue weighted by molar-refractivity contribution is -0.385. The van der Waals surface area contributed by atoms with Crippen LogP contribution in [0.4, 0.5) is 11.4 Å². The number of para-hydroxylation sites is 1. The highest BCUT2D eigenvalue weighted by molar-refractivity contribution is 7.91. The maximum absolute atomic E-state index is 12.1. The Bertz CT molecular complexity index is 846. The average Bonchev–Trinajstić information content (AvgIpc) is 2.47. The minimum atomic E-state index is -3.88. The molecule has 0 aliphatic carbocycles. The van der Waals surface area contributed by atoms with Crippen molar-refractivity contribution in [2.45, 2.75) is 5.75 Å². The van der Waals surface area contributed by atoms with Crippen LogP contribution in [0.3, 0.4) is 0 Å². The first kappa shape index (κ1) is 16.4. The van der Waals surface area contributed by atoms with Crippen molar-refractivity contribution in [3.05, 3.63) is 69.8 Å². The maximum Gasteiger partial charge on any atom is 0.335 e. The van der Waals surface area contributed by atoms with E-state index in [2.05, 4.69) is 4.72 Å². The summed E-state index contributed by atoms with van der Waals surface area (Å²) in [6.45, 7) is 0. The predicted octanol–water partition coefficient (Wildman–Crippen LogP) is 2.23. The van der Waals surface area contributed by atoms with E-state index in [1.54, 1.807) is 0 Å². The minimum Gasteiger partial charge on any atom is -0.478 e. The highest BCUT2D eigenvalue weighted by Gasteiger charge is 2.19. The van der Waals surface area contributed by atoms with E-state index in [4.69, 9.17) is 5.11 Å². The summed E-state index contributed by atoms with van der Waals surface area (Å²) in [5.74, 6) is -1.69. The van der Waals surface area contributed by atoms with Gasteiger partial charge in [-0.1, -0.05) is 18.2 Å². The fraction of sp³-hybridized carbons (Fsp3) is 0.0714. The molecular weight excluding hydrogens is 324 g/mol. The minimum absolute atomic E-state index is 0.0200. The summed E-state index contributed by atoms with van der Waals surface area (Å²) in [7, 11) is -3.88. The first-order chi connectivity index (χ1) is 10.8. The van der Waals surface area contributed by atoms with Crippen LogP contribution in [0.15, 0.2) is 48.5 Å². The molecule has 0 saturated carbocycles. The highest BCUT2D eigenvalue weighted by atomic mass is 32.2. The lowest BCUT2D eigenvalue weighted by atomic mass is 10.2. The van der Waals surface area contributed by atoms with Gasteiger partial charge in [-0.05, 0) is 24.3 Å². The van der Waals surface area contributed by atoms with E-state index in [0.29, 0.717) is 0 Å². The third-order valence-electron chi connectivity index (χ3n) is 2.94. The molecule has 0 radical (unpaired) electrons. The second-order valence-corrected chi connectivity index (χ2v) is 6.35. The number of anilines is 1. The number of carboxylic acids is 1. The van der Waals surface area contributed by atoms with Crippen LogP contribution in [0.25, 0.3) is 0 Å². The van der Waals surface area contributed by atoms with E-state index >= 15 is 0 Å². The molecule has 9 heteroatoms. The van der Waals surface area contributed by atoms with Crippen LogP contribution in [-0.4, -0.2) is 24.4 Å². The number of aromatic carboxylic acids is 1. The van der Waals surface area contributed by atoms with E-state index in [1.165, 1.54) is 48.5 Å². The highest BCUT2D eigenvalue weighted by Crippen LogP contribution is 2.21. The van der Waals surface area contributed by atoms with Gasteiger partial charge in [-0.25, -0.2) is 13.2 Å². The number of hydrogen-bond donors (Lipinski definition) is 2. The van der Waals surface area contributed by atoms with Crippen molar-refractivity contribution < 1.29 is 23.2 Å². The SMILES string of the molecule is O=C(O)c1ccc(NS(=O)(=O)Cc2ccccc2[N+](=O)[O-])cc1. The smallest absolute Gasteiger partial charge is 0.335 e. The molecule has 120 valence electrons. The molecule has 0 unspecified atom stereocenters. The molecule has 0 atom stereocenters. The number of nitro benzene ring substituents is 1. The molecule has 0 aliphatic rings. The number of nitrogens with zero attached hydrogens (tertiary/aromatic N) is 1. The monoisotopic (exact) mass is 336 g/mol. The normalized spacial score (nSPS) is 11.0. The number of carboxylic acid groups (broad SMARTS) is 1. The Hall–Kier alpha value is -2.94. The molecule has 0 bridgehead atoms. The van der Waals surface area contributed by atoms with Crippen LogP contribution in [0.1, 0.15) is 15.9 Å². The molecule has 0 heterocycles. The molecular formula is C14H12N2O6S. The van der Waals surface area contributed by atoms with Gasteiger partial charge >= 0.3 is 5.97 Å². The van der Waals surface area contributed by atoms with Crippen LogP contribution in [0, 0.1) is 10.1 Å². The molecule has 8 nitrogen and oxygen atoms in total. The summed E-state index contributed by atoms with van der Waals surface area (Å²) in [6.07, 6.45) is 0. The zero-order valence-electron chi connectivity index (χ0n) is 11.7. The quantitative estimate of drug-likeness (QED) is 0.615. The summed E-state index contributed by atoms with van der Waals surface area (Å²) >= 11 is 0. The molecule has 0 fully saturated rings.